The Morgan fingerprint density at radius 1 is 1.00 bits per heavy atom. The number of hydrogen-bond acceptors (Lipinski definition) is 8. The summed E-state index contributed by atoms with van der Waals surface area (Å²) in [5.41, 5.74) is 7.58. The first-order valence-corrected chi connectivity index (χ1v) is 13.9. The lowest BCUT2D eigenvalue weighted by molar-refractivity contribution is -0.138. The van der Waals surface area contributed by atoms with Gasteiger partial charge in [-0.15, -0.1) is 0 Å². The number of halogens is 3. The molecule has 3 aromatic carbocycles. The molecular formula is C31H29F3N8O2. The summed E-state index contributed by atoms with van der Waals surface area (Å²) in [5, 5.41) is 10.4. The van der Waals surface area contributed by atoms with Gasteiger partial charge < -0.3 is 20.7 Å². The van der Waals surface area contributed by atoms with Crippen LogP contribution in [0.2, 0.25) is 0 Å². The fourth-order valence-corrected chi connectivity index (χ4v) is 5.12. The molecule has 0 unspecified atom stereocenters. The molecule has 3 heterocycles. The second-order valence-corrected chi connectivity index (χ2v) is 10.6. The number of rotatable bonds is 7. The van der Waals surface area contributed by atoms with Crippen LogP contribution >= 0.6 is 0 Å². The summed E-state index contributed by atoms with van der Waals surface area (Å²) in [6, 6.07) is 17.5. The maximum Gasteiger partial charge on any atom is 0.416 e. The molecule has 1 amide bonds. The summed E-state index contributed by atoms with van der Waals surface area (Å²) in [6.45, 7) is 3.13. The summed E-state index contributed by atoms with van der Waals surface area (Å²) in [5.74, 6) is 0.613. The molecule has 1 aliphatic rings. The van der Waals surface area contributed by atoms with Gasteiger partial charge >= 0.3 is 6.18 Å². The highest BCUT2D eigenvalue weighted by molar-refractivity contribution is 6.04. The topological polar surface area (TPSA) is 125 Å². The first-order chi connectivity index (χ1) is 21.1. The quantitative estimate of drug-likeness (QED) is 0.226. The van der Waals surface area contributed by atoms with Gasteiger partial charge in [-0.05, 0) is 61.1 Å². The van der Waals surface area contributed by atoms with Crippen LogP contribution in [0.1, 0.15) is 21.5 Å². The van der Waals surface area contributed by atoms with E-state index in [1.807, 2.05) is 24.1 Å². The molecule has 2 aromatic heterocycles. The average Bonchev–Trinajstić information content (AvgIpc) is 3.44. The van der Waals surface area contributed by atoms with Crippen LogP contribution in [0.4, 0.5) is 24.7 Å². The Hall–Kier alpha value is -5.01. The van der Waals surface area contributed by atoms with Crippen molar-refractivity contribution in [1.29, 1.82) is 0 Å². The van der Waals surface area contributed by atoms with Gasteiger partial charge in [-0.2, -0.15) is 18.3 Å². The van der Waals surface area contributed by atoms with Crippen molar-refractivity contribution in [2.75, 3.05) is 44.3 Å². The van der Waals surface area contributed by atoms with Gasteiger partial charge in [0.25, 0.3) is 5.91 Å². The molecule has 226 valence electrons. The molecule has 0 atom stereocenters. The van der Waals surface area contributed by atoms with Crippen molar-refractivity contribution < 1.29 is 22.7 Å². The van der Waals surface area contributed by atoms with E-state index < -0.39 is 17.6 Å². The number of aromatic nitrogens is 4. The summed E-state index contributed by atoms with van der Waals surface area (Å²) in [7, 11) is 1.99. The van der Waals surface area contributed by atoms with Crippen LogP contribution in [-0.4, -0.2) is 69.1 Å². The van der Waals surface area contributed by atoms with E-state index >= 15 is 0 Å². The van der Waals surface area contributed by atoms with Gasteiger partial charge in [-0.1, -0.05) is 12.1 Å². The molecule has 0 radical (unpaired) electrons. The van der Waals surface area contributed by atoms with Crippen LogP contribution in [0, 0.1) is 0 Å². The van der Waals surface area contributed by atoms with Gasteiger partial charge in [-0.3, -0.25) is 14.8 Å². The van der Waals surface area contributed by atoms with Crippen LogP contribution in [0.5, 0.6) is 11.5 Å². The summed E-state index contributed by atoms with van der Waals surface area (Å²) in [6.07, 6.45) is -3.24. The van der Waals surface area contributed by atoms with E-state index in [4.69, 9.17) is 10.5 Å². The highest BCUT2D eigenvalue weighted by Crippen LogP contribution is 2.34. The zero-order valence-electron chi connectivity index (χ0n) is 23.7. The molecule has 5 aromatic rings. The predicted molar refractivity (Wildman–Crippen MR) is 160 cm³/mol. The lowest BCUT2D eigenvalue weighted by atomic mass is 10.0. The Kier molecular flexibility index (Phi) is 7.89. The van der Waals surface area contributed by atoms with Crippen molar-refractivity contribution in [3.63, 3.8) is 0 Å². The van der Waals surface area contributed by atoms with Crippen molar-refractivity contribution in [3.8, 4) is 22.8 Å². The molecule has 0 saturated carbocycles. The zero-order chi connectivity index (χ0) is 30.8. The van der Waals surface area contributed by atoms with E-state index in [0.717, 1.165) is 24.7 Å². The largest absolute Gasteiger partial charge is 0.457 e. The smallest absolute Gasteiger partial charge is 0.416 e. The molecule has 10 nitrogen and oxygen atoms in total. The van der Waals surface area contributed by atoms with Crippen molar-refractivity contribution in [2.24, 2.45) is 0 Å². The Labute approximate surface area is 250 Å². The number of amides is 1. The number of anilines is 2. The van der Waals surface area contributed by atoms with Crippen molar-refractivity contribution in [1.82, 2.24) is 30.0 Å². The highest BCUT2D eigenvalue weighted by Gasteiger charge is 2.34. The van der Waals surface area contributed by atoms with Crippen LogP contribution in [-0.2, 0) is 12.7 Å². The van der Waals surface area contributed by atoms with E-state index in [9.17, 15) is 18.0 Å². The number of alkyl halides is 3. The van der Waals surface area contributed by atoms with Gasteiger partial charge in [0, 0.05) is 55.6 Å². The SMILES string of the molecule is CN1CCN(Cc2ccc(C(=O)Nc3cccc(Oc4ccc(-c5[nH]nc6ncnc(N)c56)cc4)c3)cc2C(F)(F)F)CC1. The summed E-state index contributed by atoms with van der Waals surface area (Å²) < 4.78 is 48.0. The third-order valence-electron chi connectivity index (χ3n) is 7.52. The third-order valence-corrected chi connectivity index (χ3v) is 7.52. The minimum absolute atomic E-state index is 0.0845. The number of H-pyrrole nitrogens is 1. The molecule has 1 saturated heterocycles. The Morgan fingerprint density at radius 2 is 1.77 bits per heavy atom. The van der Waals surface area contributed by atoms with Crippen molar-refractivity contribution >= 4 is 28.4 Å². The van der Waals surface area contributed by atoms with E-state index in [1.54, 1.807) is 36.4 Å². The van der Waals surface area contributed by atoms with Crippen molar-refractivity contribution in [3.05, 3.63) is 89.7 Å². The first-order valence-electron chi connectivity index (χ1n) is 13.9. The molecule has 0 aliphatic carbocycles. The number of benzene rings is 3. The fourth-order valence-electron chi connectivity index (χ4n) is 5.12. The van der Waals surface area contributed by atoms with E-state index in [2.05, 4.69) is 30.4 Å². The minimum atomic E-state index is -4.59. The Morgan fingerprint density at radius 3 is 2.52 bits per heavy atom. The van der Waals surface area contributed by atoms with E-state index in [-0.39, 0.29) is 17.7 Å². The standard InChI is InChI=1S/C31H29F3N8O2/c1-41-11-13-42(14-12-41)17-21-6-5-20(15-25(21)31(32,33)34)30(43)38-22-3-2-4-24(16-22)44-23-9-7-19(8-10-23)27-26-28(35)36-18-37-29(26)40-39-27/h2-10,15-16,18H,11-14,17H2,1H3,(H,38,43)(H3,35,36,37,39,40). The van der Waals surface area contributed by atoms with Gasteiger partial charge in [0.2, 0.25) is 0 Å². The normalized spacial score (nSPS) is 14.5. The second kappa shape index (κ2) is 11.9. The molecule has 6 rings (SSSR count). The number of carbonyl (C=O) groups excluding carboxylic acids is 1. The first kappa shape index (κ1) is 29.1. The summed E-state index contributed by atoms with van der Waals surface area (Å²) >= 11 is 0. The molecule has 44 heavy (non-hydrogen) atoms. The minimum Gasteiger partial charge on any atom is -0.457 e. The van der Waals surface area contributed by atoms with Crippen LogP contribution in [0.3, 0.4) is 0 Å². The van der Waals surface area contributed by atoms with Crippen LogP contribution in [0.15, 0.2) is 73.1 Å². The molecule has 4 N–H and O–H groups in total. The third kappa shape index (κ3) is 6.33. The van der Waals surface area contributed by atoms with Gasteiger partial charge in [0.1, 0.15) is 23.6 Å². The molecule has 13 heteroatoms. The number of ether oxygens (including phenoxy) is 1. The number of hydrogen-bond donors (Lipinski definition) is 3. The molecule has 1 aliphatic heterocycles. The van der Waals surface area contributed by atoms with Crippen LogP contribution in [0.25, 0.3) is 22.3 Å². The number of fused-ring (bicyclic) bond motifs is 1. The number of nitrogen functional groups attached to an aromatic ring is 1. The number of carbonyl (C=O) groups is 1. The van der Waals surface area contributed by atoms with E-state index in [0.29, 0.717) is 52.8 Å². The molecule has 1 fully saturated rings. The molecular weight excluding hydrogens is 573 g/mol. The number of nitrogens with two attached hydrogens (primary N) is 1. The fraction of sp³-hybridized carbons (Fsp3) is 0.226. The predicted octanol–water partition coefficient (Wildman–Crippen LogP) is 5.41. The number of aromatic amines is 1. The number of nitrogens with zero attached hydrogens (tertiary/aromatic N) is 5. The highest BCUT2D eigenvalue weighted by atomic mass is 19.4. The number of piperazine rings is 1. The molecule has 0 spiro atoms. The zero-order valence-corrected chi connectivity index (χ0v) is 23.7. The van der Waals surface area contributed by atoms with Gasteiger partial charge in [0.15, 0.2) is 5.65 Å². The van der Waals surface area contributed by atoms with E-state index in [1.165, 1.54) is 18.5 Å². The van der Waals surface area contributed by atoms with Gasteiger partial charge in [-0.25, -0.2) is 9.97 Å². The lowest BCUT2D eigenvalue weighted by Gasteiger charge is -2.33. The monoisotopic (exact) mass is 602 g/mol. The van der Waals surface area contributed by atoms with Crippen molar-refractivity contribution in [2.45, 2.75) is 12.7 Å². The van der Waals surface area contributed by atoms with Gasteiger partial charge in [0.05, 0.1) is 16.6 Å². The van der Waals surface area contributed by atoms with Crippen LogP contribution < -0.4 is 15.8 Å². The number of nitrogens with one attached hydrogen (secondary N) is 2. The average molecular weight is 603 g/mol. The molecule has 0 bridgehead atoms. The Balaban J connectivity index is 1.14. The summed E-state index contributed by atoms with van der Waals surface area (Å²) in [4.78, 5) is 25.3. The number of likely N-dealkylation sites (N-methyl/N-ethyl adjacent to an activating group) is 1. The maximum atomic E-state index is 14.0. The maximum absolute atomic E-state index is 14.0. The lowest BCUT2D eigenvalue weighted by Crippen LogP contribution is -2.44. The Bertz CT molecular complexity index is 1800. The second-order valence-electron chi connectivity index (χ2n) is 10.6.